The molecule has 2 aromatic heterocycles. The molecule has 0 fully saturated rings. The minimum Gasteiger partial charge on any atom is -0.492 e. The van der Waals surface area contributed by atoms with Crippen LogP contribution in [0.5, 0.6) is 5.75 Å². The van der Waals surface area contributed by atoms with Crippen molar-refractivity contribution in [2.75, 3.05) is 18.9 Å². The lowest BCUT2D eigenvalue weighted by Gasteiger charge is -2.10. The number of ether oxygens (including phenoxy) is 1. The van der Waals surface area contributed by atoms with Crippen LogP contribution < -0.4 is 15.6 Å². The predicted molar refractivity (Wildman–Crippen MR) is 115 cm³/mol. The van der Waals surface area contributed by atoms with Gasteiger partial charge in [-0.3, -0.25) is 14.2 Å². The summed E-state index contributed by atoms with van der Waals surface area (Å²) in [5.41, 5.74) is -0.120. The van der Waals surface area contributed by atoms with Crippen LogP contribution in [0.25, 0.3) is 10.2 Å². The SMILES string of the molecule is C=CCn1c(SCC(=O)NCCOc2ccc(Cl)cc2)nc2sccc2c1=O. The van der Waals surface area contributed by atoms with E-state index in [0.29, 0.717) is 45.8 Å². The van der Waals surface area contributed by atoms with E-state index in [0.717, 1.165) is 0 Å². The Morgan fingerprint density at radius 3 is 2.89 bits per heavy atom. The highest BCUT2D eigenvalue weighted by Gasteiger charge is 2.13. The van der Waals surface area contributed by atoms with Crippen LogP contribution in [-0.2, 0) is 11.3 Å². The van der Waals surface area contributed by atoms with E-state index in [1.54, 1.807) is 36.4 Å². The zero-order valence-electron chi connectivity index (χ0n) is 14.9. The fraction of sp³-hybridized carbons (Fsp3) is 0.211. The number of carbonyl (C=O) groups excluding carboxylic acids is 1. The van der Waals surface area contributed by atoms with Gasteiger partial charge in [-0.25, -0.2) is 4.98 Å². The van der Waals surface area contributed by atoms with Crippen LogP contribution in [0.15, 0.2) is 58.3 Å². The van der Waals surface area contributed by atoms with Crippen molar-refractivity contribution in [3.05, 3.63) is 63.7 Å². The molecule has 0 atom stereocenters. The lowest BCUT2D eigenvalue weighted by atomic mass is 10.3. The monoisotopic (exact) mass is 435 g/mol. The molecule has 2 heterocycles. The van der Waals surface area contributed by atoms with E-state index in [4.69, 9.17) is 16.3 Å². The second kappa shape index (κ2) is 9.77. The van der Waals surface area contributed by atoms with E-state index < -0.39 is 0 Å². The highest BCUT2D eigenvalue weighted by Crippen LogP contribution is 2.21. The van der Waals surface area contributed by atoms with Crippen molar-refractivity contribution in [1.29, 1.82) is 0 Å². The minimum absolute atomic E-state index is 0.120. The van der Waals surface area contributed by atoms with Crippen LogP contribution in [0.3, 0.4) is 0 Å². The molecule has 6 nitrogen and oxygen atoms in total. The number of nitrogens with one attached hydrogen (secondary N) is 1. The van der Waals surface area contributed by atoms with Crippen LogP contribution in [0, 0.1) is 0 Å². The fourth-order valence-electron chi connectivity index (χ4n) is 2.40. The second-order valence-corrected chi connectivity index (χ2v) is 7.95. The third kappa shape index (κ3) is 5.15. The highest BCUT2D eigenvalue weighted by molar-refractivity contribution is 7.99. The predicted octanol–water partition coefficient (Wildman–Crippen LogP) is 3.58. The standard InChI is InChI=1S/C19H18ClN3O3S2/c1-2-9-23-18(25)15-7-11-27-17(15)22-19(23)28-12-16(24)21-8-10-26-14-5-3-13(20)4-6-14/h2-7,11H,1,8-10,12H2,(H,21,24). The van der Waals surface area contributed by atoms with Crippen molar-refractivity contribution >= 4 is 50.8 Å². The molecule has 28 heavy (non-hydrogen) atoms. The Morgan fingerprint density at radius 2 is 2.14 bits per heavy atom. The zero-order valence-corrected chi connectivity index (χ0v) is 17.3. The fourth-order valence-corrected chi connectivity index (χ4v) is 4.17. The summed E-state index contributed by atoms with van der Waals surface area (Å²) in [4.78, 5) is 29.8. The number of nitrogens with zero attached hydrogens (tertiary/aromatic N) is 2. The number of carbonyl (C=O) groups is 1. The molecular weight excluding hydrogens is 418 g/mol. The molecule has 0 aliphatic heterocycles. The van der Waals surface area contributed by atoms with Gasteiger partial charge in [0.15, 0.2) is 5.16 Å². The van der Waals surface area contributed by atoms with Crippen molar-refractivity contribution < 1.29 is 9.53 Å². The van der Waals surface area contributed by atoms with E-state index >= 15 is 0 Å². The summed E-state index contributed by atoms with van der Waals surface area (Å²) >= 11 is 8.45. The van der Waals surface area contributed by atoms with Crippen molar-refractivity contribution in [3.63, 3.8) is 0 Å². The van der Waals surface area contributed by atoms with E-state index in [9.17, 15) is 9.59 Å². The normalized spacial score (nSPS) is 10.8. The molecule has 1 N–H and O–H groups in total. The topological polar surface area (TPSA) is 73.2 Å². The molecule has 1 aromatic carbocycles. The van der Waals surface area contributed by atoms with E-state index in [2.05, 4.69) is 16.9 Å². The van der Waals surface area contributed by atoms with Gasteiger partial charge in [-0.15, -0.1) is 17.9 Å². The number of benzene rings is 1. The van der Waals surface area contributed by atoms with Gasteiger partial charge >= 0.3 is 0 Å². The Balaban J connectivity index is 1.52. The molecule has 0 unspecified atom stereocenters. The Bertz CT molecular complexity index is 1030. The summed E-state index contributed by atoms with van der Waals surface area (Å²) in [5, 5.41) is 6.35. The van der Waals surface area contributed by atoms with E-state index in [1.807, 2.05) is 5.38 Å². The van der Waals surface area contributed by atoms with E-state index in [-0.39, 0.29) is 17.2 Å². The summed E-state index contributed by atoms with van der Waals surface area (Å²) in [5.74, 6) is 0.687. The maximum absolute atomic E-state index is 12.6. The highest BCUT2D eigenvalue weighted by atomic mass is 35.5. The first kappa shape index (κ1) is 20.4. The molecular formula is C19H18ClN3O3S2. The average Bonchev–Trinajstić information content (AvgIpc) is 3.16. The summed E-state index contributed by atoms with van der Waals surface area (Å²) in [6.07, 6.45) is 1.64. The molecule has 146 valence electrons. The number of halogens is 1. The Hall–Kier alpha value is -2.29. The third-order valence-electron chi connectivity index (χ3n) is 3.70. The lowest BCUT2D eigenvalue weighted by Crippen LogP contribution is -2.30. The van der Waals surface area contributed by atoms with Crippen LogP contribution in [0.4, 0.5) is 0 Å². The largest absolute Gasteiger partial charge is 0.492 e. The molecule has 3 aromatic rings. The molecule has 0 bridgehead atoms. The number of allylic oxidation sites excluding steroid dienone is 1. The van der Waals surface area contributed by atoms with Crippen LogP contribution >= 0.6 is 34.7 Å². The van der Waals surface area contributed by atoms with Crippen molar-refractivity contribution in [2.45, 2.75) is 11.7 Å². The summed E-state index contributed by atoms with van der Waals surface area (Å²) in [6.45, 7) is 4.75. The van der Waals surface area contributed by atoms with Gasteiger partial charge in [0.05, 0.1) is 17.7 Å². The van der Waals surface area contributed by atoms with Gasteiger partial charge in [0.1, 0.15) is 17.2 Å². The summed E-state index contributed by atoms with van der Waals surface area (Å²) in [6, 6.07) is 8.78. The quantitative estimate of drug-likeness (QED) is 0.241. The molecule has 0 saturated carbocycles. The van der Waals surface area contributed by atoms with Crippen molar-refractivity contribution in [1.82, 2.24) is 14.9 Å². The molecule has 0 radical (unpaired) electrons. The maximum Gasteiger partial charge on any atom is 0.263 e. The number of aromatic nitrogens is 2. The van der Waals surface area contributed by atoms with Crippen LogP contribution in [0.2, 0.25) is 5.02 Å². The smallest absolute Gasteiger partial charge is 0.263 e. The maximum atomic E-state index is 12.6. The zero-order chi connectivity index (χ0) is 19.9. The van der Waals surface area contributed by atoms with Crippen molar-refractivity contribution in [2.24, 2.45) is 0 Å². The lowest BCUT2D eigenvalue weighted by molar-refractivity contribution is -0.118. The minimum atomic E-state index is -0.157. The second-order valence-electron chi connectivity index (χ2n) is 5.68. The van der Waals surface area contributed by atoms with E-state index in [1.165, 1.54) is 27.7 Å². The van der Waals surface area contributed by atoms with Gasteiger partial charge in [-0.1, -0.05) is 29.4 Å². The van der Waals surface area contributed by atoms with Gasteiger partial charge in [-0.05, 0) is 35.7 Å². The Morgan fingerprint density at radius 1 is 1.36 bits per heavy atom. The number of hydrogen-bond acceptors (Lipinski definition) is 6. The molecule has 0 saturated heterocycles. The molecule has 3 rings (SSSR count). The number of hydrogen-bond donors (Lipinski definition) is 1. The molecule has 0 aliphatic carbocycles. The number of thioether (sulfide) groups is 1. The van der Waals surface area contributed by atoms with Crippen LogP contribution in [-0.4, -0.2) is 34.4 Å². The molecule has 1 amide bonds. The Kier molecular flexibility index (Phi) is 7.13. The number of fused-ring (bicyclic) bond motifs is 1. The molecule has 0 aliphatic rings. The number of rotatable bonds is 9. The first-order valence-corrected chi connectivity index (χ1v) is 10.7. The van der Waals surface area contributed by atoms with Crippen molar-refractivity contribution in [3.8, 4) is 5.75 Å². The Labute approximate surface area is 175 Å². The molecule has 0 spiro atoms. The van der Waals surface area contributed by atoms with Gasteiger partial charge in [0.2, 0.25) is 5.91 Å². The van der Waals surface area contributed by atoms with Crippen LogP contribution in [0.1, 0.15) is 0 Å². The van der Waals surface area contributed by atoms with Gasteiger partial charge in [0, 0.05) is 11.6 Å². The molecule has 9 heteroatoms. The number of thiophene rings is 1. The summed E-state index contributed by atoms with van der Waals surface area (Å²) in [7, 11) is 0. The first-order chi connectivity index (χ1) is 13.6. The third-order valence-corrected chi connectivity index (χ3v) is 5.73. The van der Waals surface area contributed by atoms with Gasteiger partial charge < -0.3 is 10.1 Å². The average molecular weight is 436 g/mol. The number of amides is 1. The van der Waals surface area contributed by atoms with Gasteiger partial charge in [-0.2, -0.15) is 0 Å². The van der Waals surface area contributed by atoms with Gasteiger partial charge in [0.25, 0.3) is 5.56 Å². The first-order valence-electron chi connectivity index (χ1n) is 8.45. The summed E-state index contributed by atoms with van der Waals surface area (Å²) < 4.78 is 7.06.